The molecule has 14 heteroatoms. The molecule has 0 spiro atoms. The number of hydrogen-bond donors (Lipinski definition) is 2. The molecule has 0 bridgehead atoms. The normalized spacial score (nSPS) is 15.9. The van der Waals surface area contributed by atoms with E-state index in [0.717, 1.165) is 9.80 Å². The molecule has 54 heavy (non-hydrogen) atoms. The number of imide groups is 2. The Morgan fingerprint density at radius 2 is 0.796 bits per heavy atom. The fourth-order valence-electron chi connectivity index (χ4n) is 6.34. The number of nitrogens with zero attached hydrogens (tertiary/aromatic N) is 2. The van der Waals surface area contributed by atoms with E-state index in [9.17, 15) is 28.8 Å². The second kappa shape index (κ2) is 17.5. The molecule has 0 saturated carbocycles. The van der Waals surface area contributed by atoms with Crippen LogP contribution in [0.1, 0.15) is 47.9 Å². The van der Waals surface area contributed by atoms with Crippen LogP contribution in [0.5, 0.6) is 0 Å². The molecule has 6 rings (SSSR count). The zero-order chi connectivity index (χ0) is 38.0. The predicted octanol–water partition coefficient (Wildman–Crippen LogP) is 5.92. The highest BCUT2D eigenvalue weighted by molar-refractivity contribution is 8.76. The minimum absolute atomic E-state index is 0.102. The van der Waals surface area contributed by atoms with Crippen LogP contribution in [0.4, 0.5) is 9.59 Å². The van der Waals surface area contributed by atoms with Crippen LogP contribution in [0, 0.1) is 0 Å². The Balaban J connectivity index is 0.878. The summed E-state index contributed by atoms with van der Waals surface area (Å²) in [5.74, 6) is -0.857. The lowest BCUT2D eigenvalue weighted by molar-refractivity contribution is -0.151. The number of nitrogens with one attached hydrogen (secondary N) is 2. The predicted molar refractivity (Wildman–Crippen MR) is 203 cm³/mol. The smallest absolute Gasteiger partial charge is 0.328 e. The fraction of sp³-hybridized carbons (Fsp3) is 0.250. The Hall–Kier alpha value is -5.60. The molecule has 2 aliphatic rings. The van der Waals surface area contributed by atoms with Gasteiger partial charge in [0, 0.05) is 24.3 Å². The number of benzene rings is 4. The third-order valence-corrected chi connectivity index (χ3v) is 11.6. The van der Waals surface area contributed by atoms with Gasteiger partial charge in [0.15, 0.2) is 24.5 Å². The van der Waals surface area contributed by atoms with E-state index in [1.807, 2.05) is 24.3 Å². The van der Waals surface area contributed by atoms with E-state index < -0.39 is 60.4 Å². The summed E-state index contributed by atoms with van der Waals surface area (Å²) in [5.41, 5.74) is -0.488. The molecular weight excluding hydrogens is 729 g/mol. The number of hydrogen-bond acceptors (Lipinski definition) is 10. The summed E-state index contributed by atoms with van der Waals surface area (Å²) in [6.45, 7) is -0.999. The molecule has 4 aromatic rings. The molecule has 12 nitrogen and oxygen atoms in total. The van der Waals surface area contributed by atoms with Crippen LogP contribution in [0.25, 0.3) is 0 Å². The molecule has 2 aliphatic heterocycles. The van der Waals surface area contributed by atoms with Crippen molar-refractivity contribution < 1.29 is 38.2 Å². The maximum Gasteiger partial charge on any atom is 0.328 e. The van der Waals surface area contributed by atoms with Crippen molar-refractivity contribution in [3.63, 3.8) is 0 Å². The summed E-state index contributed by atoms with van der Waals surface area (Å²) in [5, 5.41) is 5.65. The van der Waals surface area contributed by atoms with Gasteiger partial charge in [-0.15, -0.1) is 0 Å². The molecule has 2 fully saturated rings. The number of amides is 6. The molecule has 0 atom stereocenters. The van der Waals surface area contributed by atoms with Crippen LogP contribution in [-0.4, -0.2) is 70.6 Å². The maximum absolute atomic E-state index is 13.7. The van der Waals surface area contributed by atoms with Crippen molar-refractivity contribution in [1.29, 1.82) is 0 Å². The highest BCUT2D eigenvalue weighted by Gasteiger charge is 2.55. The number of urea groups is 2. The van der Waals surface area contributed by atoms with Crippen LogP contribution in [0.3, 0.4) is 0 Å². The van der Waals surface area contributed by atoms with Crippen LogP contribution < -0.4 is 10.6 Å². The molecule has 4 aromatic carbocycles. The van der Waals surface area contributed by atoms with Gasteiger partial charge in [0.1, 0.15) is 0 Å². The largest absolute Gasteiger partial charge is 0.444 e. The molecule has 2 N–H and O–H groups in total. The van der Waals surface area contributed by atoms with E-state index in [-0.39, 0.29) is 12.8 Å². The van der Waals surface area contributed by atoms with Crippen molar-refractivity contribution in [3.8, 4) is 0 Å². The molecular formula is C40H38N4O8S2. The average molecular weight is 767 g/mol. The van der Waals surface area contributed by atoms with Gasteiger partial charge in [0.05, 0.1) is 0 Å². The molecule has 0 unspecified atom stereocenters. The number of ether oxygens (including phenoxy) is 2. The van der Waals surface area contributed by atoms with Gasteiger partial charge in [-0.3, -0.25) is 19.2 Å². The Morgan fingerprint density at radius 3 is 1.09 bits per heavy atom. The quantitative estimate of drug-likeness (QED) is 0.0574. The first kappa shape index (κ1) is 38.1. The van der Waals surface area contributed by atoms with E-state index >= 15 is 0 Å². The second-order valence-corrected chi connectivity index (χ2v) is 15.1. The van der Waals surface area contributed by atoms with Gasteiger partial charge < -0.3 is 20.1 Å². The zero-order valence-electron chi connectivity index (χ0n) is 29.2. The molecule has 0 radical (unpaired) electrons. The molecule has 0 aliphatic carbocycles. The fourth-order valence-corrected chi connectivity index (χ4v) is 8.52. The van der Waals surface area contributed by atoms with Crippen LogP contribution in [-0.2, 0) is 39.7 Å². The number of carbonyl (C=O) groups is 6. The summed E-state index contributed by atoms with van der Waals surface area (Å²) in [7, 11) is 3.08. The highest BCUT2D eigenvalue weighted by atomic mass is 33.1. The molecule has 278 valence electrons. The minimum Gasteiger partial charge on any atom is -0.444 e. The Kier molecular flexibility index (Phi) is 12.3. The van der Waals surface area contributed by atoms with Gasteiger partial charge in [-0.25, -0.2) is 19.4 Å². The van der Waals surface area contributed by atoms with Crippen molar-refractivity contribution in [1.82, 2.24) is 20.4 Å². The van der Waals surface area contributed by atoms with Crippen molar-refractivity contribution in [2.24, 2.45) is 0 Å². The van der Waals surface area contributed by atoms with Crippen LogP contribution >= 0.6 is 21.6 Å². The monoisotopic (exact) mass is 766 g/mol. The molecule has 0 aromatic heterocycles. The lowest BCUT2D eigenvalue weighted by atomic mass is 9.83. The van der Waals surface area contributed by atoms with Crippen molar-refractivity contribution in [2.75, 3.05) is 25.0 Å². The van der Waals surface area contributed by atoms with Gasteiger partial charge >= 0.3 is 24.0 Å². The van der Waals surface area contributed by atoms with Crippen molar-refractivity contribution in [2.45, 2.75) is 36.8 Å². The molecule has 2 saturated heterocycles. The van der Waals surface area contributed by atoms with E-state index in [4.69, 9.17) is 9.47 Å². The van der Waals surface area contributed by atoms with E-state index in [1.165, 1.54) is 21.6 Å². The number of rotatable bonds is 17. The number of esters is 2. The third-order valence-electron chi connectivity index (χ3n) is 9.05. The van der Waals surface area contributed by atoms with Crippen LogP contribution in [0.15, 0.2) is 121 Å². The first-order chi connectivity index (χ1) is 26.3. The minimum atomic E-state index is -1.43. The maximum atomic E-state index is 13.7. The van der Waals surface area contributed by atoms with Gasteiger partial charge in [-0.2, -0.15) is 0 Å². The summed E-state index contributed by atoms with van der Waals surface area (Å²) >= 11 is 0. The molecule has 2 heterocycles. The first-order valence-corrected chi connectivity index (χ1v) is 19.8. The highest BCUT2D eigenvalue weighted by Crippen LogP contribution is 2.37. The second-order valence-electron chi connectivity index (χ2n) is 12.4. The summed E-state index contributed by atoms with van der Waals surface area (Å²) in [4.78, 5) is 80.2. The van der Waals surface area contributed by atoms with Crippen molar-refractivity contribution >= 4 is 57.4 Å². The lowest BCUT2D eigenvalue weighted by Gasteiger charge is -2.27. The Morgan fingerprint density at radius 1 is 0.500 bits per heavy atom. The number of carbonyl (C=O) groups excluding carboxylic acids is 6. The summed E-state index contributed by atoms with van der Waals surface area (Å²) in [6, 6.07) is 34.4. The Labute approximate surface area is 320 Å². The van der Waals surface area contributed by atoms with Gasteiger partial charge in [-0.1, -0.05) is 143 Å². The van der Waals surface area contributed by atoms with Gasteiger partial charge in [-0.05, 0) is 35.1 Å². The average Bonchev–Trinajstić information content (AvgIpc) is 3.62. The Bertz CT molecular complexity index is 1750. The van der Waals surface area contributed by atoms with E-state index in [1.54, 1.807) is 97.1 Å². The lowest BCUT2D eigenvalue weighted by Crippen LogP contribution is -2.45. The first-order valence-electron chi connectivity index (χ1n) is 17.3. The van der Waals surface area contributed by atoms with Crippen LogP contribution in [0.2, 0.25) is 0 Å². The van der Waals surface area contributed by atoms with Gasteiger partial charge in [0.2, 0.25) is 0 Å². The summed E-state index contributed by atoms with van der Waals surface area (Å²) in [6.07, 6.45) is 1.22. The molecule has 6 amide bonds. The van der Waals surface area contributed by atoms with Crippen molar-refractivity contribution in [3.05, 3.63) is 144 Å². The van der Waals surface area contributed by atoms with E-state index in [0.29, 0.717) is 46.6 Å². The SMILES string of the molecule is O=C(CCCSSCCCC(=O)OCN1C(=O)NC(c2ccccc2)(c2ccccc2)C1=O)OCN1C(=O)NC(c2ccccc2)(c2ccccc2)C1=O. The zero-order valence-corrected chi connectivity index (χ0v) is 30.8. The van der Waals surface area contributed by atoms with E-state index in [2.05, 4.69) is 10.6 Å². The third kappa shape index (κ3) is 7.99. The van der Waals surface area contributed by atoms with Gasteiger partial charge in [0.25, 0.3) is 11.8 Å². The topological polar surface area (TPSA) is 151 Å². The standard InChI is InChI=1S/C40H38N4O8S2/c45-33(51-27-43-35(47)39(41-37(43)49,29-15-5-1-6-16-29)30-17-7-2-8-18-30)23-13-25-53-54-26-14-24-34(46)52-28-44-36(48)40(42-38(44)50,31-19-9-3-10-20-31)32-21-11-4-12-22-32/h1-12,15-22H,13-14,23-28H2,(H,41,49)(H,42,50). The summed E-state index contributed by atoms with van der Waals surface area (Å²) < 4.78 is 10.6.